The zero-order chi connectivity index (χ0) is 14.7. The monoisotopic (exact) mass is 282 g/mol. The number of hydrogen-bond acceptors (Lipinski definition) is 2. The standard InChI is InChI=1S/C16H24F2N2/c1-11(2)10-20-9-4-3-8-14(19)16(20)15-12(17)6-5-7-13(15)18/h5-7,11,14,16H,3-4,8-10,19H2,1-2H3. The quantitative estimate of drug-likeness (QED) is 0.919. The molecule has 2 N–H and O–H groups in total. The first-order valence-corrected chi connectivity index (χ1v) is 7.44. The van der Waals surface area contributed by atoms with E-state index in [1.54, 1.807) is 0 Å². The van der Waals surface area contributed by atoms with Crippen LogP contribution in [0.2, 0.25) is 0 Å². The van der Waals surface area contributed by atoms with Crippen molar-refractivity contribution in [3.8, 4) is 0 Å². The third-order valence-corrected chi connectivity index (χ3v) is 3.93. The molecule has 1 aliphatic heterocycles. The summed E-state index contributed by atoms with van der Waals surface area (Å²) >= 11 is 0. The van der Waals surface area contributed by atoms with Gasteiger partial charge < -0.3 is 5.73 Å². The van der Waals surface area contributed by atoms with E-state index in [1.807, 2.05) is 0 Å². The minimum absolute atomic E-state index is 0.141. The van der Waals surface area contributed by atoms with Gasteiger partial charge in [-0.15, -0.1) is 0 Å². The van der Waals surface area contributed by atoms with E-state index in [2.05, 4.69) is 18.7 Å². The van der Waals surface area contributed by atoms with Crippen molar-refractivity contribution in [1.29, 1.82) is 0 Å². The Hall–Kier alpha value is -1.00. The summed E-state index contributed by atoms with van der Waals surface area (Å²) in [7, 11) is 0. The summed E-state index contributed by atoms with van der Waals surface area (Å²) in [5.41, 5.74) is 6.38. The van der Waals surface area contributed by atoms with Crippen molar-refractivity contribution in [2.24, 2.45) is 11.7 Å². The summed E-state index contributed by atoms with van der Waals surface area (Å²) in [6, 6.07) is 3.47. The van der Waals surface area contributed by atoms with Crippen LogP contribution in [-0.2, 0) is 0 Å². The van der Waals surface area contributed by atoms with Gasteiger partial charge in [-0.3, -0.25) is 4.90 Å². The number of benzene rings is 1. The molecular weight excluding hydrogens is 258 g/mol. The number of hydrogen-bond donors (Lipinski definition) is 1. The van der Waals surface area contributed by atoms with Gasteiger partial charge in [0.1, 0.15) is 11.6 Å². The van der Waals surface area contributed by atoms with Gasteiger partial charge in [0.25, 0.3) is 0 Å². The molecule has 2 nitrogen and oxygen atoms in total. The maximum atomic E-state index is 14.1. The molecule has 4 heteroatoms. The molecule has 1 aromatic carbocycles. The predicted molar refractivity (Wildman–Crippen MR) is 77.3 cm³/mol. The molecule has 0 amide bonds. The highest BCUT2D eigenvalue weighted by atomic mass is 19.1. The Kier molecular flexibility index (Phi) is 5.11. The zero-order valence-electron chi connectivity index (χ0n) is 12.3. The number of likely N-dealkylation sites (tertiary alicyclic amines) is 1. The van der Waals surface area contributed by atoms with Crippen LogP contribution in [0.3, 0.4) is 0 Å². The van der Waals surface area contributed by atoms with Gasteiger partial charge in [-0.2, -0.15) is 0 Å². The fourth-order valence-electron chi connectivity index (χ4n) is 3.13. The van der Waals surface area contributed by atoms with Crippen molar-refractivity contribution in [3.63, 3.8) is 0 Å². The van der Waals surface area contributed by atoms with E-state index in [1.165, 1.54) is 18.2 Å². The molecule has 112 valence electrons. The van der Waals surface area contributed by atoms with Crippen LogP contribution in [-0.4, -0.2) is 24.0 Å². The SMILES string of the molecule is CC(C)CN1CCCCC(N)C1c1c(F)cccc1F. The fourth-order valence-corrected chi connectivity index (χ4v) is 3.13. The van der Waals surface area contributed by atoms with Crippen LogP contribution < -0.4 is 5.73 Å². The van der Waals surface area contributed by atoms with Gasteiger partial charge in [0.05, 0.1) is 6.04 Å². The minimum Gasteiger partial charge on any atom is -0.326 e. The molecule has 0 aliphatic carbocycles. The van der Waals surface area contributed by atoms with E-state index in [0.29, 0.717) is 5.92 Å². The summed E-state index contributed by atoms with van der Waals surface area (Å²) in [6.07, 6.45) is 2.86. The number of nitrogens with two attached hydrogens (primary N) is 1. The zero-order valence-corrected chi connectivity index (χ0v) is 12.3. The Morgan fingerprint density at radius 1 is 1.25 bits per heavy atom. The topological polar surface area (TPSA) is 29.3 Å². The average molecular weight is 282 g/mol. The second-order valence-electron chi connectivity index (χ2n) is 6.13. The summed E-state index contributed by atoms with van der Waals surface area (Å²) in [4.78, 5) is 2.16. The van der Waals surface area contributed by atoms with Crippen molar-refractivity contribution in [2.75, 3.05) is 13.1 Å². The molecule has 0 saturated carbocycles. The molecule has 1 saturated heterocycles. The summed E-state index contributed by atoms with van der Waals surface area (Å²) in [5.74, 6) is -0.528. The third kappa shape index (κ3) is 3.36. The molecule has 2 rings (SSSR count). The lowest BCUT2D eigenvalue weighted by Crippen LogP contribution is -2.42. The number of halogens is 2. The first kappa shape index (κ1) is 15.4. The van der Waals surface area contributed by atoms with Crippen LogP contribution in [0.5, 0.6) is 0 Å². The predicted octanol–water partition coefficient (Wildman–Crippen LogP) is 3.48. The van der Waals surface area contributed by atoms with Gasteiger partial charge in [0, 0.05) is 18.2 Å². The second kappa shape index (κ2) is 6.64. The largest absolute Gasteiger partial charge is 0.326 e. The van der Waals surface area contributed by atoms with E-state index >= 15 is 0 Å². The van der Waals surface area contributed by atoms with Crippen molar-refractivity contribution >= 4 is 0 Å². The summed E-state index contributed by atoms with van der Waals surface area (Å²) < 4.78 is 28.3. The van der Waals surface area contributed by atoms with Crippen molar-refractivity contribution in [2.45, 2.75) is 45.2 Å². The first-order valence-electron chi connectivity index (χ1n) is 7.44. The van der Waals surface area contributed by atoms with Crippen LogP contribution in [0.25, 0.3) is 0 Å². The van der Waals surface area contributed by atoms with Gasteiger partial charge in [0.15, 0.2) is 0 Å². The smallest absolute Gasteiger partial charge is 0.130 e. The molecule has 0 aromatic heterocycles. The van der Waals surface area contributed by atoms with E-state index in [0.717, 1.165) is 32.4 Å². The van der Waals surface area contributed by atoms with Crippen molar-refractivity contribution in [1.82, 2.24) is 4.90 Å². The van der Waals surface area contributed by atoms with Crippen LogP contribution in [0, 0.1) is 17.6 Å². The molecule has 1 aromatic rings. The Bertz CT molecular complexity index is 428. The highest BCUT2D eigenvalue weighted by Gasteiger charge is 2.33. The van der Waals surface area contributed by atoms with E-state index in [9.17, 15) is 8.78 Å². The Morgan fingerprint density at radius 2 is 1.90 bits per heavy atom. The van der Waals surface area contributed by atoms with Gasteiger partial charge in [-0.1, -0.05) is 26.3 Å². The molecule has 1 heterocycles. The number of rotatable bonds is 3. The van der Waals surface area contributed by atoms with E-state index < -0.39 is 11.6 Å². The Balaban J connectivity index is 2.40. The van der Waals surface area contributed by atoms with Crippen LogP contribution in [0.1, 0.15) is 44.7 Å². The maximum absolute atomic E-state index is 14.1. The lowest BCUT2D eigenvalue weighted by molar-refractivity contribution is 0.158. The molecule has 1 fully saturated rings. The van der Waals surface area contributed by atoms with E-state index in [-0.39, 0.29) is 17.6 Å². The highest BCUT2D eigenvalue weighted by molar-refractivity contribution is 5.25. The van der Waals surface area contributed by atoms with Crippen molar-refractivity contribution < 1.29 is 8.78 Å². The van der Waals surface area contributed by atoms with Gasteiger partial charge >= 0.3 is 0 Å². The molecule has 0 radical (unpaired) electrons. The van der Waals surface area contributed by atoms with Crippen LogP contribution in [0.4, 0.5) is 8.78 Å². The van der Waals surface area contributed by atoms with Gasteiger partial charge in [-0.25, -0.2) is 8.78 Å². The van der Waals surface area contributed by atoms with Gasteiger partial charge in [0.2, 0.25) is 0 Å². The highest BCUT2D eigenvalue weighted by Crippen LogP contribution is 2.33. The normalized spacial score (nSPS) is 24.9. The summed E-state index contributed by atoms with van der Waals surface area (Å²) in [5, 5.41) is 0. The second-order valence-corrected chi connectivity index (χ2v) is 6.13. The minimum atomic E-state index is -0.485. The lowest BCUT2D eigenvalue weighted by atomic mass is 9.94. The fraction of sp³-hybridized carbons (Fsp3) is 0.625. The van der Waals surface area contributed by atoms with Crippen molar-refractivity contribution in [3.05, 3.63) is 35.4 Å². The Labute approximate surface area is 120 Å². The van der Waals surface area contributed by atoms with Gasteiger partial charge in [-0.05, 0) is 37.4 Å². The molecule has 20 heavy (non-hydrogen) atoms. The molecule has 2 unspecified atom stereocenters. The number of nitrogens with zero attached hydrogens (tertiary/aromatic N) is 1. The van der Waals surface area contributed by atoms with E-state index in [4.69, 9.17) is 5.73 Å². The third-order valence-electron chi connectivity index (χ3n) is 3.93. The molecule has 2 atom stereocenters. The average Bonchev–Trinajstić information content (AvgIpc) is 2.52. The maximum Gasteiger partial charge on any atom is 0.130 e. The molecular formula is C16H24F2N2. The molecule has 0 spiro atoms. The Morgan fingerprint density at radius 3 is 2.50 bits per heavy atom. The first-order chi connectivity index (χ1) is 9.50. The molecule has 1 aliphatic rings. The molecule has 0 bridgehead atoms. The van der Waals surface area contributed by atoms with Crippen LogP contribution in [0.15, 0.2) is 18.2 Å². The van der Waals surface area contributed by atoms with Crippen LogP contribution >= 0.6 is 0 Å². The summed E-state index contributed by atoms with van der Waals surface area (Å²) in [6.45, 7) is 5.90. The lowest BCUT2D eigenvalue weighted by Gasteiger charge is -2.35.